The van der Waals surface area contributed by atoms with E-state index >= 15 is 0 Å². The number of hydrogen-bond acceptors (Lipinski definition) is 2. The first-order valence-corrected chi connectivity index (χ1v) is 6.11. The first-order valence-electron chi connectivity index (χ1n) is 6.11. The maximum absolute atomic E-state index is 5.64. The van der Waals surface area contributed by atoms with Gasteiger partial charge in [-0.3, -0.25) is 0 Å². The van der Waals surface area contributed by atoms with E-state index in [9.17, 15) is 0 Å². The summed E-state index contributed by atoms with van der Waals surface area (Å²) in [7, 11) is 0. The van der Waals surface area contributed by atoms with E-state index in [2.05, 4.69) is 40.0 Å². The van der Waals surface area contributed by atoms with Gasteiger partial charge in [0.25, 0.3) is 0 Å². The van der Waals surface area contributed by atoms with Gasteiger partial charge in [-0.2, -0.15) is 0 Å². The van der Waals surface area contributed by atoms with Crippen molar-refractivity contribution < 1.29 is 9.47 Å². The molecule has 2 nitrogen and oxygen atoms in total. The van der Waals surface area contributed by atoms with Gasteiger partial charge in [-0.05, 0) is 23.1 Å². The average Bonchev–Trinajstić information content (AvgIpc) is 2.33. The number of benzene rings is 1. The predicted octanol–water partition coefficient (Wildman–Crippen LogP) is 4.11. The molecule has 0 aliphatic rings. The van der Waals surface area contributed by atoms with Crippen LogP contribution in [0.5, 0.6) is 11.5 Å². The first kappa shape index (κ1) is 14.4. The van der Waals surface area contributed by atoms with Crippen LogP contribution < -0.4 is 9.47 Å². The van der Waals surface area contributed by atoms with E-state index < -0.39 is 0 Å². The Morgan fingerprint density at radius 1 is 1.00 bits per heavy atom. The second-order valence-electron chi connectivity index (χ2n) is 5.11. The monoisotopic (exact) mass is 246 g/mol. The molecular weight excluding hydrogens is 224 g/mol. The number of ether oxygens (including phenoxy) is 2. The maximum atomic E-state index is 5.64. The summed E-state index contributed by atoms with van der Waals surface area (Å²) >= 11 is 0. The Morgan fingerprint density at radius 2 is 1.56 bits per heavy atom. The van der Waals surface area contributed by atoms with Crippen molar-refractivity contribution >= 4 is 0 Å². The second kappa shape index (κ2) is 6.29. The van der Waals surface area contributed by atoms with E-state index in [0.29, 0.717) is 13.2 Å². The third-order valence-electron chi connectivity index (χ3n) is 2.52. The van der Waals surface area contributed by atoms with Crippen LogP contribution in [0.3, 0.4) is 0 Å². The van der Waals surface area contributed by atoms with Crippen LogP contribution in [0.25, 0.3) is 0 Å². The Labute approximate surface area is 110 Å². The molecule has 0 bridgehead atoms. The van der Waals surface area contributed by atoms with Crippen LogP contribution in [0.1, 0.15) is 26.3 Å². The average molecular weight is 246 g/mol. The lowest BCUT2D eigenvalue weighted by Crippen LogP contribution is -2.11. The Bertz CT molecular complexity index is 414. The Hall–Kier alpha value is -1.70. The highest BCUT2D eigenvalue weighted by atomic mass is 16.5. The quantitative estimate of drug-likeness (QED) is 0.703. The molecule has 1 aromatic carbocycles. The number of rotatable bonds is 6. The summed E-state index contributed by atoms with van der Waals surface area (Å²) < 4.78 is 11.2. The van der Waals surface area contributed by atoms with Crippen LogP contribution in [0.4, 0.5) is 0 Å². The molecule has 1 aromatic rings. The van der Waals surface area contributed by atoms with Gasteiger partial charge in [0.05, 0.1) is 0 Å². The van der Waals surface area contributed by atoms with E-state index in [4.69, 9.17) is 9.47 Å². The van der Waals surface area contributed by atoms with E-state index in [1.54, 1.807) is 12.2 Å². The molecule has 18 heavy (non-hydrogen) atoms. The third-order valence-corrected chi connectivity index (χ3v) is 2.52. The molecule has 0 saturated carbocycles. The van der Waals surface area contributed by atoms with E-state index in [-0.39, 0.29) is 5.41 Å². The molecule has 1 rings (SSSR count). The standard InChI is InChI=1S/C16H22O2/c1-6-10-17-14-9-8-13(16(3,4)5)12-15(14)18-11-7-2/h6-9,12H,1-2,10-11H2,3-5H3. The highest BCUT2D eigenvalue weighted by Crippen LogP contribution is 2.33. The van der Waals surface area contributed by atoms with Gasteiger partial charge in [0.15, 0.2) is 11.5 Å². The summed E-state index contributed by atoms with van der Waals surface area (Å²) in [4.78, 5) is 0. The van der Waals surface area contributed by atoms with Crippen LogP contribution >= 0.6 is 0 Å². The highest BCUT2D eigenvalue weighted by molar-refractivity contribution is 5.45. The Kier molecular flexibility index (Phi) is 5.02. The fourth-order valence-electron chi connectivity index (χ4n) is 1.50. The van der Waals surface area contributed by atoms with Crippen molar-refractivity contribution in [2.75, 3.05) is 13.2 Å². The number of hydrogen-bond donors (Lipinski definition) is 0. The molecule has 2 heteroatoms. The van der Waals surface area contributed by atoms with Crippen LogP contribution in [0.15, 0.2) is 43.5 Å². The van der Waals surface area contributed by atoms with Crippen molar-refractivity contribution in [3.63, 3.8) is 0 Å². The lowest BCUT2D eigenvalue weighted by molar-refractivity contribution is 0.307. The molecule has 98 valence electrons. The molecule has 0 N–H and O–H groups in total. The molecule has 0 aromatic heterocycles. The lowest BCUT2D eigenvalue weighted by Gasteiger charge is -2.21. The van der Waals surface area contributed by atoms with Gasteiger partial charge in [-0.1, -0.05) is 52.1 Å². The fraction of sp³-hybridized carbons (Fsp3) is 0.375. The van der Waals surface area contributed by atoms with Crippen LogP contribution in [-0.4, -0.2) is 13.2 Å². The minimum absolute atomic E-state index is 0.0866. The van der Waals surface area contributed by atoms with Gasteiger partial charge in [0.1, 0.15) is 13.2 Å². The molecule has 0 unspecified atom stereocenters. The van der Waals surface area contributed by atoms with Crippen molar-refractivity contribution in [2.24, 2.45) is 0 Å². The maximum Gasteiger partial charge on any atom is 0.161 e. The SMILES string of the molecule is C=CCOc1ccc(C(C)(C)C)cc1OCC=C. The van der Waals surface area contributed by atoms with E-state index in [1.807, 2.05) is 12.1 Å². The van der Waals surface area contributed by atoms with Gasteiger partial charge in [-0.15, -0.1) is 0 Å². The minimum Gasteiger partial charge on any atom is -0.486 e. The topological polar surface area (TPSA) is 18.5 Å². The lowest BCUT2D eigenvalue weighted by atomic mass is 9.87. The molecular formula is C16H22O2. The molecule has 0 heterocycles. The van der Waals surface area contributed by atoms with Crippen molar-refractivity contribution in [1.29, 1.82) is 0 Å². The minimum atomic E-state index is 0.0866. The highest BCUT2D eigenvalue weighted by Gasteiger charge is 2.16. The zero-order chi connectivity index (χ0) is 13.6. The molecule has 0 atom stereocenters. The van der Waals surface area contributed by atoms with Crippen molar-refractivity contribution in [3.05, 3.63) is 49.1 Å². The zero-order valence-corrected chi connectivity index (χ0v) is 11.5. The molecule has 0 aliphatic heterocycles. The smallest absolute Gasteiger partial charge is 0.161 e. The normalized spacial score (nSPS) is 10.8. The molecule has 0 saturated heterocycles. The molecule has 0 radical (unpaired) electrons. The second-order valence-corrected chi connectivity index (χ2v) is 5.11. The van der Waals surface area contributed by atoms with Gasteiger partial charge in [0.2, 0.25) is 0 Å². The van der Waals surface area contributed by atoms with Gasteiger partial charge in [0, 0.05) is 0 Å². The largest absolute Gasteiger partial charge is 0.486 e. The summed E-state index contributed by atoms with van der Waals surface area (Å²) in [5.41, 5.74) is 1.30. The Morgan fingerprint density at radius 3 is 2.06 bits per heavy atom. The summed E-state index contributed by atoms with van der Waals surface area (Å²) in [6.45, 7) is 14.8. The summed E-state index contributed by atoms with van der Waals surface area (Å²) in [6.07, 6.45) is 3.44. The van der Waals surface area contributed by atoms with Gasteiger partial charge < -0.3 is 9.47 Å². The first-order chi connectivity index (χ1) is 8.49. The summed E-state index contributed by atoms with van der Waals surface area (Å²) in [5.74, 6) is 1.49. The predicted molar refractivity (Wildman–Crippen MR) is 76.5 cm³/mol. The van der Waals surface area contributed by atoms with E-state index in [0.717, 1.165) is 11.5 Å². The van der Waals surface area contributed by atoms with Crippen molar-refractivity contribution in [1.82, 2.24) is 0 Å². The molecule has 0 spiro atoms. The van der Waals surface area contributed by atoms with Crippen LogP contribution in [0.2, 0.25) is 0 Å². The molecule has 0 amide bonds. The van der Waals surface area contributed by atoms with E-state index in [1.165, 1.54) is 5.56 Å². The van der Waals surface area contributed by atoms with Gasteiger partial charge >= 0.3 is 0 Å². The summed E-state index contributed by atoms with van der Waals surface area (Å²) in [5, 5.41) is 0. The Balaban J connectivity index is 3.03. The van der Waals surface area contributed by atoms with Crippen molar-refractivity contribution in [3.8, 4) is 11.5 Å². The molecule has 0 fully saturated rings. The van der Waals surface area contributed by atoms with Gasteiger partial charge in [-0.25, -0.2) is 0 Å². The van der Waals surface area contributed by atoms with Crippen LogP contribution in [0, 0.1) is 0 Å². The summed E-state index contributed by atoms with van der Waals surface area (Å²) in [6, 6.07) is 6.05. The van der Waals surface area contributed by atoms with Crippen molar-refractivity contribution in [2.45, 2.75) is 26.2 Å². The fourth-order valence-corrected chi connectivity index (χ4v) is 1.50. The van der Waals surface area contributed by atoms with Crippen LogP contribution in [-0.2, 0) is 5.41 Å². The third kappa shape index (κ3) is 3.95. The zero-order valence-electron chi connectivity index (χ0n) is 11.5. The molecule has 0 aliphatic carbocycles.